The van der Waals surface area contributed by atoms with Gasteiger partial charge in [0.2, 0.25) is 0 Å². The van der Waals surface area contributed by atoms with Crippen molar-refractivity contribution in [2.75, 3.05) is 19.8 Å². The molecule has 0 N–H and O–H groups in total. The second-order valence-electron chi connectivity index (χ2n) is 8.67. The molecule has 0 aliphatic heterocycles. The van der Waals surface area contributed by atoms with Crippen molar-refractivity contribution < 1.29 is 38.1 Å². The average Bonchev–Trinajstić information content (AvgIpc) is 2.68. The van der Waals surface area contributed by atoms with Crippen LogP contribution in [0.25, 0.3) is 0 Å². The van der Waals surface area contributed by atoms with E-state index in [1.54, 1.807) is 6.92 Å². The van der Waals surface area contributed by atoms with Crippen LogP contribution in [0.1, 0.15) is 79.6 Å². The predicted molar refractivity (Wildman–Crippen MR) is 155 cm³/mol. The lowest BCUT2D eigenvalue weighted by Crippen LogP contribution is -2.20. The zero-order valence-corrected chi connectivity index (χ0v) is 25.6. The summed E-state index contributed by atoms with van der Waals surface area (Å²) in [6, 6.07) is 0. The first kappa shape index (κ1) is 37.4. The van der Waals surface area contributed by atoms with Gasteiger partial charge < -0.3 is 18.9 Å². The second-order valence-corrected chi connectivity index (χ2v) is 12.2. The fraction of sp³-hybridized carbons (Fsp3) is 0.833. The Bertz CT molecular complexity index is 601. The molecule has 0 spiro atoms. The van der Waals surface area contributed by atoms with Crippen LogP contribution in [-0.2, 0) is 38.1 Å². The van der Waals surface area contributed by atoms with Crippen molar-refractivity contribution in [2.45, 2.75) is 107 Å². The molecule has 36 heavy (non-hydrogen) atoms. The van der Waals surface area contributed by atoms with Crippen LogP contribution >= 0.6 is 50.5 Å². The topological polar surface area (TPSA) is 105 Å². The zero-order chi connectivity index (χ0) is 28.1. The first-order valence-corrected chi connectivity index (χ1v) is 14.2. The van der Waals surface area contributed by atoms with Crippen molar-refractivity contribution in [2.24, 2.45) is 0 Å². The van der Waals surface area contributed by atoms with Gasteiger partial charge in [0.05, 0.1) is 45.5 Å². The highest BCUT2D eigenvalue weighted by Crippen LogP contribution is 2.07. The summed E-state index contributed by atoms with van der Waals surface area (Å²) in [5.41, 5.74) is 0. The minimum Gasteiger partial charge on any atom is -0.466 e. The molecule has 0 saturated heterocycles. The number of esters is 4. The van der Waals surface area contributed by atoms with Gasteiger partial charge in [-0.15, -0.1) is 0 Å². The maximum Gasteiger partial charge on any atom is 0.307 e. The number of hydrogen-bond donors (Lipinski definition) is 4. The van der Waals surface area contributed by atoms with Crippen molar-refractivity contribution in [3.8, 4) is 0 Å². The Morgan fingerprint density at radius 1 is 0.528 bits per heavy atom. The molecular weight excluding hydrogens is 545 g/mol. The number of hydrogen-bond acceptors (Lipinski definition) is 12. The summed E-state index contributed by atoms with van der Waals surface area (Å²) < 4.78 is 20.1. The van der Waals surface area contributed by atoms with Crippen LogP contribution in [0.4, 0.5) is 0 Å². The quantitative estimate of drug-likeness (QED) is 0.0850. The van der Waals surface area contributed by atoms with Crippen LogP contribution in [-0.4, -0.2) is 70.8 Å². The molecule has 0 aromatic carbocycles. The van der Waals surface area contributed by atoms with E-state index in [4.69, 9.17) is 18.9 Å². The Morgan fingerprint density at radius 3 is 1.17 bits per heavy atom. The smallest absolute Gasteiger partial charge is 0.307 e. The molecule has 0 aromatic heterocycles. The van der Waals surface area contributed by atoms with Crippen LogP contribution in [0, 0.1) is 0 Å². The lowest BCUT2D eigenvalue weighted by atomic mass is 10.3. The number of carbonyl (C=O) groups is 4. The van der Waals surface area contributed by atoms with Gasteiger partial charge in [-0.3, -0.25) is 19.2 Å². The SMILES string of the molecule is CC(S)CC(=O)OCCC(C)OC(=O)CC(C)S.CC(S)CC(=O)OCCCCOC(=O)CC(C)S. The average molecular weight is 589 g/mol. The molecule has 5 atom stereocenters. The standard InChI is InChI=1S/2C12H22O4S2/c1-8(16-12(14)7-10(3)18)4-5-15-11(13)6-9(2)17;1-9(17)7-11(13)15-5-3-4-6-16-12(14)8-10(2)18/h8-10,17-18H,4-7H2,1-3H3;9-10,17-18H,3-8H2,1-2H3. The van der Waals surface area contributed by atoms with E-state index in [0.717, 1.165) is 0 Å². The van der Waals surface area contributed by atoms with E-state index in [0.29, 0.717) is 45.3 Å². The molecule has 0 rings (SSSR count). The monoisotopic (exact) mass is 588 g/mol. The molecule has 0 amide bonds. The van der Waals surface area contributed by atoms with E-state index in [1.807, 2.05) is 27.7 Å². The normalized spacial score (nSPS) is 14.7. The molecular formula is C24H44O8S4. The van der Waals surface area contributed by atoms with Crippen LogP contribution in [0.3, 0.4) is 0 Å². The van der Waals surface area contributed by atoms with Crippen molar-refractivity contribution in [3.05, 3.63) is 0 Å². The third-order valence-corrected chi connectivity index (χ3v) is 4.76. The Labute approximate surface area is 238 Å². The molecule has 0 radical (unpaired) electrons. The van der Waals surface area contributed by atoms with Crippen LogP contribution in [0.15, 0.2) is 0 Å². The highest BCUT2D eigenvalue weighted by atomic mass is 32.1. The number of carbonyl (C=O) groups excluding carboxylic acids is 4. The first-order chi connectivity index (χ1) is 16.7. The van der Waals surface area contributed by atoms with E-state index in [-0.39, 0.29) is 70.4 Å². The molecule has 0 aromatic rings. The number of thiol groups is 4. The Kier molecular flexibility index (Phi) is 24.3. The van der Waals surface area contributed by atoms with Gasteiger partial charge in [0.25, 0.3) is 0 Å². The molecule has 0 bridgehead atoms. The Balaban J connectivity index is 0. The van der Waals surface area contributed by atoms with Gasteiger partial charge in [0, 0.05) is 27.4 Å². The summed E-state index contributed by atoms with van der Waals surface area (Å²) in [5, 5.41) is 0.00684. The largest absolute Gasteiger partial charge is 0.466 e. The van der Waals surface area contributed by atoms with Crippen LogP contribution in [0.2, 0.25) is 0 Å². The summed E-state index contributed by atoms with van der Waals surface area (Å²) in [6.07, 6.45) is 2.83. The molecule has 0 saturated carbocycles. The molecule has 0 aliphatic rings. The molecule has 0 fully saturated rings. The van der Waals surface area contributed by atoms with E-state index in [9.17, 15) is 19.2 Å². The van der Waals surface area contributed by atoms with Gasteiger partial charge in [0.1, 0.15) is 6.10 Å². The summed E-state index contributed by atoms with van der Waals surface area (Å²) in [5.74, 6) is -1.03. The molecule has 8 nitrogen and oxygen atoms in total. The fourth-order valence-corrected chi connectivity index (χ4v) is 2.98. The van der Waals surface area contributed by atoms with Gasteiger partial charge >= 0.3 is 23.9 Å². The Morgan fingerprint density at radius 2 is 0.833 bits per heavy atom. The lowest BCUT2D eigenvalue weighted by molar-refractivity contribution is -0.150. The zero-order valence-electron chi connectivity index (χ0n) is 22.0. The number of ether oxygens (including phenoxy) is 4. The lowest BCUT2D eigenvalue weighted by Gasteiger charge is -2.14. The summed E-state index contributed by atoms with van der Waals surface area (Å²) in [7, 11) is 0. The first-order valence-electron chi connectivity index (χ1n) is 12.1. The van der Waals surface area contributed by atoms with Crippen molar-refractivity contribution >= 4 is 74.4 Å². The number of rotatable bonds is 17. The molecule has 0 heterocycles. The summed E-state index contributed by atoms with van der Waals surface area (Å²) in [6.45, 7) is 10.1. The van der Waals surface area contributed by atoms with Crippen LogP contribution < -0.4 is 0 Å². The van der Waals surface area contributed by atoms with E-state index >= 15 is 0 Å². The molecule has 5 unspecified atom stereocenters. The van der Waals surface area contributed by atoms with Gasteiger partial charge in [-0.05, 0) is 19.8 Å². The second kappa shape index (κ2) is 23.4. The third-order valence-electron chi connectivity index (χ3n) is 4.03. The fourth-order valence-electron chi connectivity index (χ4n) is 2.39. The minimum atomic E-state index is -0.278. The van der Waals surface area contributed by atoms with Crippen LogP contribution in [0.5, 0.6) is 0 Å². The summed E-state index contributed by atoms with van der Waals surface area (Å²) >= 11 is 16.4. The highest BCUT2D eigenvalue weighted by molar-refractivity contribution is 7.81. The predicted octanol–water partition coefficient (Wildman–Crippen LogP) is 4.54. The van der Waals surface area contributed by atoms with Gasteiger partial charge in [-0.2, -0.15) is 50.5 Å². The third kappa shape index (κ3) is 29.5. The molecule has 12 heteroatoms. The van der Waals surface area contributed by atoms with Crippen molar-refractivity contribution in [1.29, 1.82) is 0 Å². The maximum absolute atomic E-state index is 11.3. The van der Waals surface area contributed by atoms with Crippen molar-refractivity contribution in [1.82, 2.24) is 0 Å². The molecule has 212 valence electrons. The van der Waals surface area contributed by atoms with Gasteiger partial charge in [-0.1, -0.05) is 27.7 Å². The van der Waals surface area contributed by atoms with Gasteiger partial charge in [-0.25, -0.2) is 0 Å². The highest BCUT2D eigenvalue weighted by Gasteiger charge is 2.13. The van der Waals surface area contributed by atoms with E-state index < -0.39 is 0 Å². The molecule has 0 aliphatic carbocycles. The van der Waals surface area contributed by atoms with Gasteiger partial charge in [0.15, 0.2) is 0 Å². The number of unbranched alkanes of at least 4 members (excludes halogenated alkanes) is 1. The minimum absolute atomic E-state index is 0.00961. The van der Waals surface area contributed by atoms with E-state index in [2.05, 4.69) is 50.5 Å². The Hall–Kier alpha value is -0.720. The van der Waals surface area contributed by atoms with Crippen molar-refractivity contribution in [3.63, 3.8) is 0 Å². The maximum atomic E-state index is 11.3. The van der Waals surface area contributed by atoms with E-state index in [1.165, 1.54) is 0 Å². The summed E-state index contributed by atoms with van der Waals surface area (Å²) in [4.78, 5) is 44.8.